The van der Waals surface area contributed by atoms with Crippen LogP contribution in [0.5, 0.6) is 0 Å². The molecule has 0 saturated carbocycles. The summed E-state index contributed by atoms with van der Waals surface area (Å²) in [6, 6.07) is 3.55. The first-order chi connectivity index (χ1) is 11.9. The van der Waals surface area contributed by atoms with E-state index in [1.807, 2.05) is 0 Å². The Hall–Kier alpha value is -2.06. The third-order valence-corrected chi connectivity index (χ3v) is 4.01. The first-order valence-electron chi connectivity index (χ1n) is 7.59. The van der Waals surface area contributed by atoms with Crippen LogP contribution in [-0.2, 0) is 21.0 Å². The van der Waals surface area contributed by atoms with Gasteiger partial charge in [0, 0.05) is 29.9 Å². The van der Waals surface area contributed by atoms with Crippen LogP contribution in [0.2, 0.25) is 0 Å². The molecular formula is C16H13F3N2O2S. The SMILES string of the molecule is [3H]c1cnc(C2=C(OSOCC)c3cc(C(F)(F)F)ccc3C2)cn1. The van der Waals surface area contributed by atoms with Gasteiger partial charge in [-0.15, -0.1) is 0 Å². The molecular weight excluding hydrogens is 341 g/mol. The second-order valence-corrected chi connectivity index (χ2v) is 5.48. The second kappa shape index (κ2) is 6.82. The fraction of sp³-hybridized carbons (Fsp3) is 0.250. The van der Waals surface area contributed by atoms with Crippen molar-refractivity contribution < 1.29 is 22.9 Å². The molecule has 0 atom stereocenters. The molecule has 0 spiro atoms. The van der Waals surface area contributed by atoms with Gasteiger partial charge in [0.05, 0.1) is 25.4 Å². The van der Waals surface area contributed by atoms with Crippen molar-refractivity contribution in [2.24, 2.45) is 0 Å². The summed E-state index contributed by atoms with van der Waals surface area (Å²) in [6.45, 7) is 2.16. The zero-order valence-electron chi connectivity index (χ0n) is 13.6. The molecule has 24 heavy (non-hydrogen) atoms. The predicted molar refractivity (Wildman–Crippen MR) is 84.3 cm³/mol. The van der Waals surface area contributed by atoms with Gasteiger partial charge in [-0.25, -0.2) is 0 Å². The summed E-state index contributed by atoms with van der Waals surface area (Å²) < 4.78 is 57.1. The Balaban J connectivity index is 2.05. The summed E-state index contributed by atoms with van der Waals surface area (Å²) in [5.41, 5.74) is 1.37. The Morgan fingerprint density at radius 3 is 2.88 bits per heavy atom. The zero-order chi connectivity index (χ0) is 18.0. The number of allylic oxidation sites excluding steroid dienone is 1. The van der Waals surface area contributed by atoms with Crippen LogP contribution >= 0.6 is 12.3 Å². The summed E-state index contributed by atoms with van der Waals surface area (Å²) in [7, 11) is 0. The van der Waals surface area contributed by atoms with Crippen molar-refractivity contribution in [1.29, 1.82) is 0 Å². The van der Waals surface area contributed by atoms with Gasteiger partial charge < -0.3 is 4.18 Å². The van der Waals surface area contributed by atoms with Crippen LogP contribution in [0.25, 0.3) is 11.3 Å². The summed E-state index contributed by atoms with van der Waals surface area (Å²) in [4.78, 5) is 8.00. The van der Waals surface area contributed by atoms with E-state index in [-0.39, 0.29) is 11.9 Å². The molecule has 4 nitrogen and oxygen atoms in total. The maximum atomic E-state index is 13.0. The van der Waals surface area contributed by atoms with Gasteiger partial charge in [0.25, 0.3) is 0 Å². The van der Waals surface area contributed by atoms with E-state index in [1.54, 1.807) is 6.92 Å². The lowest BCUT2D eigenvalue weighted by Crippen LogP contribution is -2.05. The van der Waals surface area contributed by atoms with E-state index in [9.17, 15) is 13.2 Å². The van der Waals surface area contributed by atoms with Gasteiger partial charge in [0.2, 0.25) is 12.3 Å². The smallest absolute Gasteiger partial charge is 0.399 e. The van der Waals surface area contributed by atoms with Crippen LogP contribution in [0.15, 0.2) is 36.8 Å². The largest absolute Gasteiger partial charge is 0.416 e. The number of alkyl halides is 3. The lowest BCUT2D eigenvalue weighted by molar-refractivity contribution is -0.137. The molecule has 1 heterocycles. The zero-order valence-corrected chi connectivity index (χ0v) is 13.4. The average Bonchev–Trinajstić information content (AvgIpc) is 2.93. The summed E-state index contributed by atoms with van der Waals surface area (Å²) >= 11 is 0.705. The Kier molecular flexibility index (Phi) is 4.40. The van der Waals surface area contributed by atoms with Crippen molar-refractivity contribution in [2.75, 3.05) is 6.61 Å². The van der Waals surface area contributed by atoms with Gasteiger partial charge in [0.1, 0.15) is 0 Å². The quantitative estimate of drug-likeness (QED) is 0.581. The Bertz CT molecular complexity index is 810. The monoisotopic (exact) mass is 356 g/mol. The van der Waals surface area contributed by atoms with Crippen LogP contribution in [0.4, 0.5) is 13.2 Å². The number of aromatic nitrogens is 2. The van der Waals surface area contributed by atoms with Gasteiger partial charge in [-0.2, -0.15) is 13.2 Å². The summed E-state index contributed by atoms with van der Waals surface area (Å²) in [6.07, 6.45) is -1.39. The highest BCUT2D eigenvalue weighted by molar-refractivity contribution is 7.90. The minimum Gasteiger partial charge on any atom is -0.399 e. The molecule has 0 saturated heterocycles. The third-order valence-electron chi connectivity index (χ3n) is 3.44. The first kappa shape index (κ1) is 15.5. The lowest BCUT2D eigenvalue weighted by Gasteiger charge is -2.11. The van der Waals surface area contributed by atoms with E-state index < -0.39 is 11.7 Å². The molecule has 3 rings (SSSR count). The molecule has 0 bridgehead atoms. The summed E-state index contributed by atoms with van der Waals surface area (Å²) in [5, 5.41) is 0. The lowest BCUT2D eigenvalue weighted by atomic mass is 10.1. The topological polar surface area (TPSA) is 44.2 Å². The highest BCUT2D eigenvalue weighted by atomic mass is 32.2. The standard InChI is InChI=1S/C16H13F3N2O2S/c1-2-22-24-23-15-12-8-11(16(17,18)19)4-3-10(12)7-13(15)14-9-20-5-6-21-14/h3-6,8-9H,2,7H2,1H3/i5T. The van der Waals surface area contributed by atoms with Crippen LogP contribution in [-0.4, -0.2) is 16.6 Å². The second-order valence-electron chi connectivity index (χ2n) is 4.94. The van der Waals surface area contributed by atoms with Gasteiger partial charge in [-0.05, 0) is 24.6 Å². The molecule has 0 unspecified atom stereocenters. The van der Waals surface area contributed by atoms with Crippen LogP contribution in [0.1, 0.15) is 30.7 Å². The molecule has 1 aromatic heterocycles. The van der Waals surface area contributed by atoms with Crippen molar-refractivity contribution in [3.8, 4) is 0 Å². The van der Waals surface area contributed by atoms with Gasteiger partial charge >= 0.3 is 6.18 Å². The van der Waals surface area contributed by atoms with Crippen molar-refractivity contribution in [3.05, 3.63) is 59.1 Å². The van der Waals surface area contributed by atoms with E-state index in [2.05, 4.69) is 9.97 Å². The number of benzene rings is 1. The highest BCUT2D eigenvalue weighted by Crippen LogP contribution is 2.42. The molecule has 1 aliphatic rings. The van der Waals surface area contributed by atoms with Crippen molar-refractivity contribution in [3.63, 3.8) is 0 Å². The van der Waals surface area contributed by atoms with Crippen LogP contribution in [0.3, 0.4) is 0 Å². The molecule has 2 aromatic rings. The van der Waals surface area contributed by atoms with Crippen LogP contribution < -0.4 is 0 Å². The third kappa shape index (κ3) is 3.39. The number of hydrogen-bond donors (Lipinski definition) is 0. The Morgan fingerprint density at radius 1 is 1.38 bits per heavy atom. The van der Waals surface area contributed by atoms with E-state index in [0.29, 0.717) is 47.7 Å². The number of nitrogens with zero attached hydrogens (tertiary/aromatic N) is 2. The van der Waals surface area contributed by atoms with E-state index in [1.165, 1.54) is 18.5 Å². The molecule has 126 valence electrons. The van der Waals surface area contributed by atoms with Gasteiger partial charge in [-0.1, -0.05) is 6.07 Å². The highest BCUT2D eigenvalue weighted by Gasteiger charge is 2.34. The predicted octanol–water partition coefficient (Wildman–Crippen LogP) is 4.54. The molecule has 0 radical (unpaired) electrons. The van der Waals surface area contributed by atoms with Gasteiger partial charge in [0.15, 0.2) is 5.76 Å². The Morgan fingerprint density at radius 2 is 2.21 bits per heavy atom. The van der Waals surface area contributed by atoms with E-state index in [0.717, 1.165) is 12.1 Å². The molecule has 1 aromatic carbocycles. The number of rotatable bonds is 5. The minimum atomic E-state index is -4.44. The molecule has 0 aliphatic heterocycles. The number of fused-ring (bicyclic) bond motifs is 1. The fourth-order valence-corrected chi connectivity index (χ4v) is 2.78. The number of halogens is 3. The summed E-state index contributed by atoms with van der Waals surface area (Å²) in [5.74, 6) is 0.270. The Labute approximate surface area is 142 Å². The van der Waals surface area contributed by atoms with Crippen molar-refractivity contribution in [1.82, 2.24) is 9.97 Å². The minimum absolute atomic E-state index is 0.00498. The van der Waals surface area contributed by atoms with Crippen molar-refractivity contribution in [2.45, 2.75) is 19.5 Å². The van der Waals surface area contributed by atoms with E-state index >= 15 is 0 Å². The normalized spacial score (nSPS) is 14.6. The molecule has 1 aliphatic carbocycles. The van der Waals surface area contributed by atoms with Crippen LogP contribution in [0, 0.1) is 0 Å². The molecule has 0 amide bonds. The van der Waals surface area contributed by atoms with Crippen molar-refractivity contribution >= 4 is 23.7 Å². The molecule has 8 heteroatoms. The van der Waals surface area contributed by atoms with Gasteiger partial charge in [-0.3, -0.25) is 14.2 Å². The molecule has 0 N–H and O–H groups in total. The average molecular weight is 356 g/mol. The first-order valence-corrected chi connectivity index (χ1v) is 7.75. The number of hydrogen-bond acceptors (Lipinski definition) is 5. The fourth-order valence-electron chi connectivity index (χ4n) is 2.38. The van der Waals surface area contributed by atoms with E-state index in [4.69, 9.17) is 9.74 Å². The maximum Gasteiger partial charge on any atom is 0.416 e. The maximum absolute atomic E-state index is 13.0. The molecule has 0 fully saturated rings.